The number of ether oxygens (including phenoxy) is 1. The molecule has 4 aromatic carbocycles. The Balaban J connectivity index is 1.35. The summed E-state index contributed by atoms with van der Waals surface area (Å²) in [7, 11) is 3.46. The van der Waals surface area contributed by atoms with E-state index in [1.165, 1.54) is 12.1 Å². The van der Waals surface area contributed by atoms with Crippen molar-refractivity contribution < 1.29 is 28.1 Å². The third-order valence-electron chi connectivity index (χ3n) is 10.0. The highest BCUT2D eigenvalue weighted by atomic mass is 19.4. The van der Waals surface area contributed by atoms with E-state index in [1.54, 1.807) is 31.4 Å². The molecule has 252 valence electrons. The summed E-state index contributed by atoms with van der Waals surface area (Å²) in [6, 6.07) is 33.3. The van der Waals surface area contributed by atoms with E-state index in [1.807, 2.05) is 90.8 Å². The zero-order valence-electron chi connectivity index (χ0n) is 26.9. The molecular formula is C39H34F3N3O4-2. The average molecular weight is 666 g/mol. The maximum Gasteiger partial charge on any atom is 0.433 e. The number of benzene rings is 4. The molecule has 7 nitrogen and oxygen atoms in total. The van der Waals surface area contributed by atoms with Crippen molar-refractivity contribution in [1.82, 2.24) is 9.78 Å². The van der Waals surface area contributed by atoms with E-state index in [0.717, 1.165) is 27.1 Å². The van der Waals surface area contributed by atoms with E-state index < -0.39 is 52.5 Å². The van der Waals surface area contributed by atoms with Crippen LogP contribution in [-0.2, 0) is 24.4 Å². The second-order valence-electron chi connectivity index (χ2n) is 12.8. The van der Waals surface area contributed by atoms with Gasteiger partial charge in [0.2, 0.25) is 0 Å². The normalized spacial score (nSPS) is 22.2. The van der Waals surface area contributed by atoms with Crippen molar-refractivity contribution in [1.29, 1.82) is 0 Å². The van der Waals surface area contributed by atoms with Gasteiger partial charge in [-0.15, -0.1) is 12.2 Å². The van der Waals surface area contributed by atoms with Crippen LogP contribution in [0, 0.1) is 5.92 Å². The number of fused-ring (bicyclic) bond motifs is 1. The fourth-order valence-corrected chi connectivity index (χ4v) is 7.64. The van der Waals surface area contributed by atoms with E-state index in [-0.39, 0.29) is 5.69 Å². The average Bonchev–Trinajstić information content (AvgIpc) is 3.55. The summed E-state index contributed by atoms with van der Waals surface area (Å²) in [5, 5.41) is 30.2. The standard InChI is InChI=1S/C39H34F3N3O4/c1-44-30-19-18-27(49-2)20-29(30)38(22-24-12-6-3-7-13-24,23-25-14-8-4-9-15-25)31(44)21-28-34(46)32(35(28)47)33-36(39(40,41)42)43-45(37(33)48)26-16-10-5-11-17-26/h3-21,28,32,34-35,43H,22-23H2,1-2H3/q-2. The molecule has 0 spiro atoms. The SMILES string of the molecule is COc1ccc2c(c1)C(Cc1ccccc1)(Cc1ccccc1)C(=CC1C([O-])C(c3c(C(F)(F)F)[nH]n(-c4ccccc4)c3=O)C1[O-])N2C. The van der Waals surface area contributed by atoms with Crippen molar-refractivity contribution in [2.75, 3.05) is 19.1 Å². The summed E-state index contributed by atoms with van der Waals surface area (Å²) in [6.07, 6.45) is -5.84. The number of aromatic nitrogens is 2. The number of alkyl halides is 3. The predicted molar refractivity (Wildman–Crippen MR) is 177 cm³/mol. The molecule has 1 saturated carbocycles. The van der Waals surface area contributed by atoms with Crippen molar-refractivity contribution in [3.8, 4) is 11.4 Å². The van der Waals surface area contributed by atoms with Gasteiger partial charge in [-0.3, -0.25) is 9.89 Å². The molecule has 2 atom stereocenters. The van der Waals surface area contributed by atoms with E-state index in [9.17, 15) is 28.2 Å². The molecule has 2 heterocycles. The number of hydrogen-bond donors (Lipinski definition) is 1. The smallest absolute Gasteiger partial charge is 0.433 e. The lowest BCUT2D eigenvalue weighted by atomic mass is 9.63. The van der Waals surface area contributed by atoms with Crippen LogP contribution in [0.4, 0.5) is 18.9 Å². The van der Waals surface area contributed by atoms with Gasteiger partial charge in [-0.25, -0.2) is 4.68 Å². The molecule has 1 fully saturated rings. The Labute approximate surface area is 281 Å². The van der Waals surface area contributed by atoms with Crippen LogP contribution >= 0.6 is 0 Å². The molecule has 49 heavy (non-hydrogen) atoms. The lowest BCUT2D eigenvalue weighted by molar-refractivity contribution is -0.543. The van der Waals surface area contributed by atoms with E-state index in [2.05, 4.69) is 5.10 Å². The Morgan fingerprint density at radius 1 is 0.857 bits per heavy atom. The largest absolute Gasteiger partial charge is 0.851 e. The number of allylic oxidation sites excluding steroid dienone is 1. The number of halogens is 3. The van der Waals surface area contributed by atoms with Crippen LogP contribution in [0.15, 0.2) is 126 Å². The quantitative estimate of drug-likeness (QED) is 0.248. The summed E-state index contributed by atoms with van der Waals surface area (Å²) in [5.74, 6) is -2.21. The first-order valence-corrected chi connectivity index (χ1v) is 16.0. The molecule has 7 rings (SSSR count). The van der Waals surface area contributed by atoms with Gasteiger partial charge in [-0.2, -0.15) is 13.2 Å². The van der Waals surface area contributed by atoms with Gasteiger partial charge in [-0.05, 0) is 71.7 Å². The number of methoxy groups -OCH3 is 1. The van der Waals surface area contributed by atoms with Crippen molar-refractivity contribution in [3.63, 3.8) is 0 Å². The Kier molecular flexibility index (Phi) is 8.24. The lowest BCUT2D eigenvalue weighted by Gasteiger charge is -2.60. The van der Waals surface area contributed by atoms with Gasteiger partial charge in [0.1, 0.15) is 11.4 Å². The van der Waals surface area contributed by atoms with E-state index in [4.69, 9.17) is 4.74 Å². The van der Waals surface area contributed by atoms with Gasteiger partial charge >= 0.3 is 6.18 Å². The zero-order chi connectivity index (χ0) is 34.5. The molecule has 1 N–H and O–H groups in total. The topological polar surface area (TPSA) is 96.4 Å². The first kappa shape index (κ1) is 32.5. The maximum atomic E-state index is 14.3. The van der Waals surface area contributed by atoms with Crippen LogP contribution in [0.3, 0.4) is 0 Å². The summed E-state index contributed by atoms with van der Waals surface area (Å²) in [4.78, 5) is 15.5. The van der Waals surface area contributed by atoms with Gasteiger partial charge < -0.3 is 19.8 Å². The fourth-order valence-electron chi connectivity index (χ4n) is 7.64. The molecule has 1 aliphatic heterocycles. The second kappa shape index (κ2) is 12.4. The Morgan fingerprint density at radius 2 is 1.41 bits per heavy atom. The number of nitrogens with zero attached hydrogens (tertiary/aromatic N) is 2. The predicted octanol–water partition coefficient (Wildman–Crippen LogP) is 5.12. The molecule has 5 aromatic rings. The van der Waals surface area contributed by atoms with Crippen LogP contribution in [0.25, 0.3) is 5.69 Å². The number of rotatable bonds is 8. The molecule has 1 aliphatic carbocycles. The summed E-state index contributed by atoms with van der Waals surface area (Å²) in [6.45, 7) is 0. The third kappa shape index (κ3) is 5.54. The van der Waals surface area contributed by atoms with Crippen molar-refractivity contribution >= 4 is 5.69 Å². The zero-order valence-corrected chi connectivity index (χ0v) is 26.9. The molecule has 0 radical (unpaired) electrons. The molecule has 0 saturated heterocycles. The Hall–Kier alpha value is -5.06. The number of H-pyrrole nitrogens is 1. The maximum absolute atomic E-state index is 14.3. The molecular weight excluding hydrogens is 631 g/mol. The lowest BCUT2D eigenvalue weighted by Crippen LogP contribution is -2.66. The van der Waals surface area contributed by atoms with Gasteiger partial charge in [0.25, 0.3) is 5.56 Å². The number of hydrogen-bond acceptors (Lipinski definition) is 5. The molecule has 10 heteroatoms. The van der Waals surface area contributed by atoms with Crippen LogP contribution in [-0.4, -0.2) is 36.1 Å². The van der Waals surface area contributed by atoms with Crippen LogP contribution in [0.2, 0.25) is 0 Å². The van der Waals surface area contributed by atoms with Gasteiger partial charge in [0.05, 0.1) is 18.4 Å². The van der Waals surface area contributed by atoms with Crippen molar-refractivity contribution in [2.24, 2.45) is 5.92 Å². The van der Waals surface area contributed by atoms with Gasteiger partial charge in [0, 0.05) is 23.8 Å². The fraction of sp³-hybridized carbons (Fsp3) is 0.256. The highest BCUT2D eigenvalue weighted by Crippen LogP contribution is 2.54. The Morgan fingerprint density at radius 3 is 1.94 bits per heavy atom. The van der Waals surface area contributed by atoms with Crippen molar-refractivity contribution in [3.05, 3.63) is 159 Å². The summed E-state index contributed by atoms with van der Waals surface area (Å²) < 4.78 is 49.3. The molecule has 0 amide bonds. The number of para-hydroxylation sites is 1. The minimum Gasteiger partial charge on any atom is -0.851 e. The number of aromatic amines is 1. The second-order valence-corrected chi connectivity index (χ2v) is 12.8. The van der Waals surface area contributed by atoms with Crippen molar-refractivity contribution in [2.45, 2.75) is 42.6 Å². The molecule has 1 aromatic heterocycles. The Bertz CT molecular complexity index is 1990. The first-order valence-electron chi connectivity index (χ1n) is 16.0. The number of likely N-dealkylation sites (N-methyl/N-ethyl adjacent to an activating group) is 1. The first-order chi connectivity index (χ1) is 23.5. The van der Waals surface area contributed by atoms with Crippen LogP contribution < -0.4 is 25.4 Å². The molecule has 2 aliphatic rings. The van der Waals surface area contributed by atoms with E-state index in [0.29, 0.717) is 24.3 Å². The van der Waals surface area contributed by atoms with Gasteiger partial charge in [0.15, 0.2) is 0 Å². The highest BCUT2D eigenvalue weighted by molar-refractivity contribution is 5.73. The minimum atomic E-state index is -4.98. The van der Waals surface area contributed by atoms with Gasteiger partial charge in [-0.1, -0.05) is 84.9 Å². The molecule has 0 bridgehead atoms. The summed E-state index contributed by atoms with van der Waals surface area (Å²) in [5.41, 5.74) is 0.771. The monoisotopic (exact) mass is 665 g/mol. The van der Waals surface area contributed by atoms with Crippen LogP contribution in [0.5, 0.6) is 5.75 Å². The number of nitrogens with one attached hydrogen (secondary N) is 1. The molecule has 2 unspecified atom stereocenters. The minimum absolute atomic E-state index is 0.166. The summed E-state index contributed by atoms with van der Waals surface area (Å²) >= 11 is 0. The highest BCUT2D eigenvalue weighted by Gasteiger charge is 2.50. The van der Waals surface area contributed by atoms with Crippen LogP contribution in [0.1, 0.15) is 33.9 Å². The third-order valence-corrected chi connectivity index (χ3v) is 10.0. The number of anilines is 1. The van der Waals surface area contributed by atoms with E-state index >= 15 is 0 Å².